The summed E-state index contributed by atoms with van der Waals surface area (Å²) in [5.74, 6) is 0.520. The van der Waals surface area contributed by atoms with E-state index in [2.05, 4.69) is 18.9 Å². The number of fused-ring (bicyclic) bond motifs is 1. The Balaban J connectivity index is 1.39. The van der Waals surface area contributed by atoms with E-state index >= 15 is 0 Å². The topological polar surface area (TPSA) is 75.5 Å². The number of hydrogen-bond donors (Lipinski definition) is 0. The Morgan fingerprint density at radius 3 is 2.44 bits per heavy atom. The maximum absolute atomic E-state index is 13.1. The van der Waals surface area contributed by atoms with Crippen LogP contribution in [-0.4, -0.2) is 59.5 Å². The van der Waals surface area contributed by atoms with E-state index < -0.39 is 10.0 Å². The van der Waals surface area contributed by atoms with Gasteiger partial charge in [-0.15, -0.1) is 0 Å². The van der Waals surface area contributed by atoms with Crippen molar-refractivity contribution < 1.29 is 13.2 Å². The highest BCUT2D eigenvalue weighted by Gasteiger charge is 2.31. The molecule has 174 valence electrons. The van der Waals surface area contributed by atoms with Crippen LogP contribution in [0.5, 0.6) is 0 Å². The van der Waals surface area contributed by atoms with Gasteiger partial charge < -0.3 is 4.90 Å². The molecule has 1 fully saturated rings. The number of aromatic nitrogens is 2. The van der Waals surface area contributed by atoms with E-state index in [0.29, 0.717) is 43.4 Å². The third-order valence-corrected chi connectivity index (χ3v) is 8.59. The number of aryl methyl sites for hydroxylation is 3. The molecule has 0 bridgehead atoms. The zero-order valence-corrected chi connectivity index (χ0v) is 20.4. The van der Waals surface area contributed by atoms with Crippen molar-refractivity contribution >= 4 is 15.9 Å². The second kappa shape index (κ2) is 8.98. The van der Waals surface area contributed by atoms with E-state index in [1.807, 2.05) is 30.7 Å². The fourth-order valence-corrected chi connectivity index (χ4v) is 6.29. The third-order valence-electron chi connectivity index (χ3n) is 6.70. The minimum absolute atomic E-state index is 0.0369. The van der Waals surface area contributed by atoms with E-state index in [4.69, 9.17) is 0 Å². The molecule has 0 spiro atoms. The zero-order chi connectivity index (χ0) is 23.0. The van der Waals surface area contributed by atoms with Gasteiger partial charge in [0.2, 0.25) is 15.9 Å². The lowest BCUT2D eigenvalue weighted by molar-refractivity contribution is -0.131. The Hall–Kier alpha value is -2.19. The fourth-order valence-electron chi connectivity index (χ4n) is 4.81. The third kappa shape index (κ3) is 4.48. The van der Waals surface area contributed by atoms with Crippen molar-refractivity contribution in [2.75, 3.05) is 26.2 Å². The number of nitrogens with zero attached hydrogens (tertiary/aromatic N) is 4. The molecule has 2 heterocycles. The van der Waals surface area contributed by atoms with Crippen molar-refractivity contribution in [3.05, 3.63) is 46.3 Å². The van der Waals surface area contributed by atoms with Crippen LogP contribution in [0.3, 0.4) is 0 Å². The number of carbonyl (C=O) groups excluding carboxylic acids is 1. The van der Waals surface area contributed by atoms with Crippen LogP contribution in [0.25, 0.3) is 0 Å². The van der Waals surface area contributed by atoms with Crippen LogP contribution in [0.4, 0.5) is 0 Å². The van der Waals surface area contributed by atoms with Gasteiger partial charge in [-0.25, -0.2) is 8.42 Å². The maximum atomic E-state index is 13.1. The molecule has 7 nitrogen and oxygen atoms in total. The van der Waals surface area contributed by atoms with Crippen LogP contribution in [0, 0.1) is 19.8 Å². The average molecular weight is 459 g/mol. The first kappa shape index (κ1) is 23.0. The molecule has 1 aliphatic carbocycles. The van der Waals surface area contributed by atoms with E-state index in [-0.39, 0.29) is 5.91 Å². The van der Waals surface area contributed by atoms with Gasteiger partial charge in [0.25, 0.3) is 0 Å². The Bertz CT molecular complexity index is 1110. The molecule has 1 aliphatic heterocycles. The summed E-state index contributed by atoms with van der Waals surface area (Å²) in [6, 6.07) is 5.53. The van der Waals surface area contributed by atoms with Gasteiger partial charge in [-0.3, -0.25) is 9.48 Å². The molecule has 0 radical (unpaired) electrons. The van der Waals surface area contributed by atoms with Crippen LogP contribution >= 0.6 is 0 Å². The van der Waals surface area contributed by atoms with Gasteiger partial charge in [-0.2, -0.15) is 9.40 Å². The standard InChI is InChI=1S/C24H34N4O3S/c1-17(2)16-28-19(4)23(18(3)25-28)15-24(29)26-10-12-27(13-11-26)32(30,31)22-9-8-20-6-5-7-21(20)14-22/h8-9,14,17H,5-7,10-13,15-16H2,1-4H3. The summed E-state index contributed by atoms with van der Waals surface area (Å²) < 4.78 is 29.8. The number of sulfonamides is 1. The zero-order valence-electron chi connectivity index (χ0n) is 19.6. The molecule has 8 heteroatoms. The van der Waals surface area contributed by atoms with Crippen molar-refractivity contribution in [2.45, 2.75) is 64.8 Å². The van der Waals surface area contributed by atoms with Crippen LogP contribution in [-0.2, 0) is 40.6 Å². The van der Waals surface area contributed by atoms with Crippen molar-refractivity contribution in [3.8, 4) is 0 Å². The highest BCUT2D eigenvalue weighted by molar-refractivity contribution is 7.89. The number of rotatable bonds is 6. The minimum Gasteiger partial charge on any atom is -0.340 e. The van der Waals surface area contributed by atoms with Gasteiger partial charge in [0.05, 0.1) is 17.0 Å². The number of piperazine rings is 1. The van der Waals surface area contributed by atoms with Crippen molar-refractivity contribution in [1.82, 2.24) is 19.0 Å². The van der Waals surface area contributed by atoms with Crippen molar-refractivity contribution in [2.24, 2.45) is 5.92 Å². The number of hydrogen-bond acceptors (Lipinski definition) is 4. The molecular formula is C24H34N4O3S. The Kier molecular flexibility index (Phi) is 6.45. The summed E-state index contributed by atoms with van der Waals surface area (Å²) in [5.41, 5.74) is 5.35. The van der Waals surface area contributed by atoms with Gasteiger partial charge in [0.1, 0.15) is 0 Å². The minimum atomic E-state index is -3.53. The van der Waals surface area contributed by atoms with Crippen molar-refractivity contribution in [3.63, 3.8) is 0 Å². The van der Waals surface area contributed by atoms with E-state index in [0.717, 1.165) is 48.3 Å². The second-order valence-corrected chi connectivity index (χ2v) is 11.4. The normalized spacial score (nSPS) is 17.2. The second-order valence-electron chi connectivity index (χ2n) is 9.47. The van der Waals surface area contributed by atoms with Crippen LogP contribution in [0.2, 0.25) is 0 Å². The Labute approximate surface area is 191 Å². The molecule has 1 aromatic heterocycles. The largest absolute Gasteiger partial charge is 0.340 e. The molecule has 4 rings (SSSR count). The number of amides is 1. The fraction of sp³-hybridized carbons (Fsp3) is 0.583. The number of benzene rings is 1. The van der Waals surface area contributed by atoms with Gasteiger partial charge in [-0.1, -0.05) is 19.9 Å². The van der Waals surface area contributed by atoms with Gasteiger partial charge >= 0.3 is 0 Å². The summed E-state index contributed by atoms with van der Waals surface area (Å²) in [6.45, 7) is 10.6. The van der Waals surface area contributed by atoms with Crippen molar-refractivity contribution in [1.29, 1.82) is 0 Å². The molecular weight excluding hydrogens is 424 g/mol. The van der Waals surface area contributed by atoms with Gasteiger partial charge in [0.15, 0.2) is 0 Å². The Morgan fingerprint density at radius 2 is 1.75 bits per heavy atom. The Morgan fingerprint density at radius 1 is 1.06 bits per heavy atom. The maximum Gasteiger partial charge on any atom is 0.243 e. The number of carbonyl (C=O) groups is 1. The molecule has 0 atom stereocenters. The summed E-state index contributed by atoms with van der Waals surface area (Å²) >= 11 is 0. The van der Waals surface area contributed by atoms with E-state index in [1.165, 1.54) is 9.87 Å². The first-order chi connectivity index (χ1) is 15.2. The summed E-state index contributed by atoms with van der Waals surface area (Å²) in [5, 5.41) is 4.61. The highest BCUT2D eigenvalue weighted by Crippen LogP contribution is 2.27. The average Bonchev–Trinajstić information content (AvgIpc) is 3.33. The summed E-state index contributed by atoms with van der Waals surface area (Å²) in [4.78, 5) is 15.1. The van der Waals surface area contributed by atoms with Crippen LogP contribution < -0.4 is 0 Å². The molecule has 1 aromatic carbocycles. The van der Waals surface area contributed by atoms with Crippen LogP contribution in [0.15, 0.2) is 23.1 Å². The van der Waals surface area contributed by atoms with E-state index in [9.17, 15) is 13.2 Å². The first-order valence-electron chi connectivity index (χ1n) is 11.6. The van der Waals surface area contributed by atoms with Gasteiger partial charge in [-0.05, 0) is 62.3 Å². The molecule has 2 aromatic rings. The summed E-state index contributed by atoms with van der Waals surface area (Å²) in [6.07, 6.45) is 3.39. The smallest absolute Gasteiger partial charge is 0.243 e. The van der Waals surface area contributed by atoms with E-state index in [1.54, 1.807) is 11.0 Å². The van der Waals surface area contributed by atoms with Crippen LogP contribution in [0.1, 0.15) is 48.3 Å². The molecule has 0 unspecified atom stereocenters. The monoisotopic (exact) mass is 458 g/mol. The lowest BCUT2D eigenvalue weighted by Crippen LogP contribution is -2.50. The molecule has 1 amide bonds. The van der Waals surface area contributed by atoms with Gasteiger partial charge in [0, 0.05) is 44.0 Å². The summed E-state index contributed by atoms with van der Waals surface area (Å²) in [7, 11) is -3.53. The lowest BCUT2D eigenvalue weighted by atomic mass is 10.1. The molecule has 32 heavy (non-hydrogen) atoms. The first-order valence-corrected chi connectivity index (χ1v) is 13.0. The molecule has 2 aliphatic rings. The molecule has 0 saturated carbocycles. The highest BCUT2D eigenvalue weighted by atomic mass is 32.2. The molecule has 0 N–H and O–H groups in total. The predicted molar refractivity (Wildman–Crippen MR) is 124 cm³/mol. The SMILES string of the molecule is Cc1nn(CC(C)C)c(C)c1CC(=O)N1CCN(S(=O)(=O)c2ccc3c(c2)CCC3)CC1. The molecule has 1 saturated heterocycles. The lowest BCUT2D eigenvalue weighted by Gasteiger charge is -2.34. The quantitative estimate of drug-likeness (QED) is 0.667. The predicted octanol–water partition coefficient (Wildman–Crippen LogP) is 2.72.